The van der Waals surface area contributed by atoms with Crippen molar-refractivity contribution < 1.29 is 9.53 Å². The predicted molar refractivity (Wildman–Crippen MR) is 64.9 cm³/mol. The molecular weight excluding hydrogens is 200 g/mol. The van der Waals surface area contributed by atoms with E-state index in [9.17, 15) is 4.79 Å². The number of hydrogen-bond acceptors (Lipinski definition) is 2. The van der Waals surface area contributed by atoms with E-state index in [-0.39, 0.29) is 0 Å². The molecule has 0 spiro atoms. The first-order chi connectivity index (χ1) is 7.52. The van der Waals surface area contributed by atoms with E-state index < -0.39 is 12.1 Å². The average molecular weight is 216 g/mol. The third-order valence-corrected chi connectivity index (χ3v) is 2.12. The van der Waals surface area contributed by atoms with Crippen LogP contribution in [0.15, 0.2) is 54.6 Å². The maximum atomic E-state index is 11.5. The Morgan fingerprint density at radius 1 is 1.19 bits per heavy atom. The van der Waals surface area contributed by atoms with Gasteiger partial charge in [0.15, 0.2) is 0 Å². The van der Waals surface area contributed by atoms with Crippen LogP contribution in [-0.4, -0.2) is 5.97 Å². The minimum atomic E-state index is -0.398. The van der Waals surface area contributed by atoms with Crippen LogP contribution in [0, 0.1) is 0 Å². The van der Waals surface area contributed by atoms with E-state index in [1.54, 1.807) is 6.92 Å². The molecule has 0 saturated carbocycles. The van der Waals surface area contributed by atoms with Crippen molar-refractivity contribution in [3.8, 4) is 0 Å². The van der Waals surface area contributed by atoms with Gasteiger partial charge in [0.1, 0.15) is 6.10 Å². The summed E-state index contributed by atoms with van der Waals surface area (Å²) in [6, 6.07) is 9.54. The Morgan fingerprint density at radius 2 is 1.75 bits per heavy atom. The fourth-order valence-electron chi connectivity index (χ4n) is 1.29. The first-order valence-electron chi connectivity index (χ1n) is 5.09. The first kappa shape index (κ1) is 12.2. The van der Waals surface area contributed by atoms with Crippen LogP contribution in [0.25, 0.3) is 0 Å². The molecule has 0 aliphatic heterocycles. The van der Waals surface area contributed by atoms with Gasteiger partial charge in [-0.15, -0.1) is 0 Å². The van der Waals surface area contributed by atoms with Crippen LogP contribution in [0.4, 0.5) is 0 Å². The summed E-state index contributed by atoms with van der Waals surface area (Å²) in [6.45, 7) is 10.9. The van der Waals surface area contributed by atoms with Crippen molar-refractivity contribution in [3.63, 3.8) is 0 Å². The van der Waals surface area contributed by atoms with Crippen molar-refractivity contribution in [1.29, 1.82) is 0 Å². The summed E-state index contributed by atoms with van der Waals surface area (Å²) in [7, 11) is 0. The molecule has 0 saturated heterocycles. The molecular formula is C14H16O2. The van der Waals surface area contributed by atoms with E-state index in [0.717, 1.165) is 11.1 Å². The SMILES string of the molecule is C=C(C)C(=O)OC(C(=C)C)c1ccccc1. The topological polar surface area (TPSA) is 26.3 Å². The molecule has 0 heterocycles. The van der Waals surface area contributed by atoms with Gasteiger partial charge in [-0.1, -0.05) is 43.5 Å². The van der Waals surface area contributed by atoms with Gasteiger partial charge in [0.05, 0.1) is 0 Å². The zero-order valence-corrected chi connectivity index (χ0v) is 9.69. The highest BCUT2D eigenvalue weighted by Gasteiger charge is 2.17. The molecule has 2 heteroatoms. The third-order valence-electron chi connectivity index (χ3n) is 2.12. The Kier molecular flexibility index (Phi) is 4.06. The number of hydrogen-bond donors (Lipinski definition) is 0. The zero-order chi connectivity index (χ0) is 12.1. The fraction of sp³-hybridized carbons (Fsp3) is 0.214. The van der Waals surface area contributed by atoms with E-state index in [1.165, 1.54) is 0 Å². The van der Waals surface area contributed by atoms with Gasteiger partial charge in [-0.2, -0.15) is 0 Å². The molecule has 1 aromatic rings. The van der Waals surface area contributed by atoms with Gasteiger partial charge in [-0.3, -0.25) is 0 Å². The molecule has 1 aromatic carbocycles. The lowest BCUT2D eigenvalue weighted by Crippen LogP contribution is -2.12. The highest BCUT2D eigenvalue weighted by atomic mass is 16.5. The quantitative estimate of drug-likeness (QED) is 0.438. The van der Waals surface area contributed by atoms with Gasteiger partial charge < -0.3 is 4.74 Å². The summed E-state index contributed by atoms with van der Waals surface area (Å²) in [4.78, 5) is 11.5. The Bertz CT molecular complexity index is 404. The van der Waals surface area contributed by atoms with E-state index in [2.05, 4.69) is 13.2 Å². The van der Waals surface area contributed by atoms with Crippen LogP contribution >= 0.6 is 0 Å². The zero-order valence-electron chi connectivity index (χ0n) is 9.69. The Labute approximate surface area is 96.2 Å². The minimum absolute atomic E-state index is 0.391. The van der Waals surface area contributed by atoms with Gasteiger partial charge in [-0.25, -0.2) is 4.79 Å². The second-order valence-corrected chi connectivity index (χ2v) is 3.82. The number of carbonyl (C=O) groups is 1. The normalized spacial score (nSPS) is 11.6. The molecule has 0 fully saturated rings. The highest BCUT2D eigenvalue weighted by molar-refractivity contribution is 5.87. The highest BCUT2D eigenvalue weighted by Crippen LogP contribution is 2.24. The minimum Gasteiger partial charge on any atom is -0.450 e. The van der Waals surface area contributed by atoms with Crippen molar-refractivity contribution in [2.24, 2.45) is 0 Å². The monoisotopic (exact) mass is 216 g/mol. The summed E-state index contributed by atoms with van der Waals surface area (Å²) in [5.74, 6) is -0.392. The Morgan fingerprint density at radius 3 is 2.19 bits per heavy atom. The molecule has 84 valence electrons. The molecule has 0 radical (unpaired) electrons. The van der Waals surface area contributed by atoms with Gasteiger partial charge in [0.25, 0.3) is 0 Å². The van der Waals surface area contributed by atoms with Crippen molar-refractivity contribution >= 4 is 5.97 Å². The van der Waals surface area contributed by atoms with Crippen molar-refractivity contribution in [3.05, 3.63) is 60.2 Å². The van der Waals surface area contributed by atoms with Crippen LogP contribution in [0.3, 0.4) is 0 Å². The largest absolute Gasteiger partial charge is 0.450 e. The molecule has 0 aliphatic carbocycles. The smallest absolute Gasteiger partial charge is 0.334 e. The van der Waals surface area contributed by atoms with E-state index >= 15 is 0 Å². The number of esters is 1. The van der Waals surface area contributed by atoms with E-state index in [1.807, 2.05) is 37.3 Å². The fourth-order valence-corrected chi connectivity index (χ4v) is 1.29. The Hall–Kier alpha value is -1.83. The van der Waals surface area contributed by atoms with Gasteiger partial charge in [-0.05, 0) is 25.0 Å². The second kappa shape index (κ2) is 5.31. The van der Waals surface area contributed by atoms with Gasteiger partial charge >= 0.3 is 5.97 Å². The summed E-state index contributed by atoms with van der Waals surface area (Å²) in [5.41, 5.74) is 2.10. The van der Waals surface area contributed by atoms with E-state index in [0.29, 0.717) is 5.57 Å². The molecule has 1 rings (SSSR count). The molecule has 0 aliphatic rings. The van der Waals surface area contributed by atoms with Crippen LogP contribution in [0.2, 0.25) is 0 Å². The summed E-state index contributed by atoms with van der Waals surface area (Å²) in [6.07, 6.45) is -0.398. The van der Waals surface area contributed by atoms with Crippen LogP contribution in [-0.2, 0) is 9.53 Å². The average Bonchev–Trinajstić information content (AvgIpc) is 2.26. The molecule has 2 nitrogen and oxygen atoms in total. The van der Waals surface area contributed by atoms with Crippen LogP contribution < -0.4 is 0 Å². The molecule has 0 aromatic heterocycles. The van der Waals surface area contributed by atoms with Crippen molar-refractivity contribution in [2.75, 3.05) is 0 Å². The maximum Gasteiger partial charge on any atom is 0.334 e. The first-order valence-corrected chi connectivity index (χ1v) is 5.09. The number of carbonyl (C=O) groups excluding carboxylic acids is 1. The molecule has 0 amide bonds. The molecule has 16 heavy (non-hydrogen) atoms. The van der Waals surface area contributed by atoms with E-state index in [4.69, 9.17) is 4.74 Å². The molecule has 1 unspecified atom stereocenters. The molecule has 1 atom stereocenters. The summed E-state index contributed by atoms with van der Waals surface area (Å²) in [5, 5.41) is 0. The third kappa shape index (κ3) is 3.09. The number of rotatable bonds is 4. The molecule has 0 N–H and O–H groups in total. The van der Waals surface area contributed by atoms with Crippen molar-refractivity contribution in [2.45, 2.75) is 20.0 Å². The number of ether oxygens (including phenoxy) is 1. The predicted octanol–water partition coefficient (Wildman–Crippen LogP) is 3.42. The van der Waals surface area contributed by atoms with Crippen LogP contribution in [0.5, 0.6) is 0 Å². The van der Waals surface area contributed by atoms with Gasteiger partial charge in [0.2, 0.25) is 0 Å². The van der Waals surface area contributed by atoms with Gasteiger partial charge in [0, 0.05) is 5.57 Å². The van der Waals surface area contributed by atoms with Crippen molar-refractivity contribution in [1.82, 2.24) is 0 Å². The lowest BCUT2D eigenvalue weighted by Gasteiger charge is -2.18. The summed E-state index contributed by atoms with van der Waals surface area (Å²) >= 11 is 0. The van der Waals surface area contributed by atoms with Crippen LogP contribution in [0.1, 0.15) is 25.5 Å². The lowest BCUT2D eigenvalue weighted by molar-refractivity contribution is -0.142. The summed E-state index contributed by atoms with van der Waals surface area (Å²) < 4.78 is 5.32. The maximum absolute atomic E-state index is 11.5. The Balaban J connectivity index is 2.89. The lowest BCUT2D eigenvalue weighted by atomic mass is 10.0. The standard InChI is InChI=1S/C14H16O2/c1-10(2)13(16-14(15)11(3)4)12-8-6-5-7-9-12/h5-9,13H,1,3H2,2,4H3. The molecule has 0 bridgehead atoms. The number of benzene rings is 1. The second-order valence-electron chi connectivity index (χ2n) is 3.82.